The van der Waals surface area contributed by atoms with Gasteiger partial charge in [0, 0.05) is 11.8 Å². The minimum Gasteiger partial charge on any atom is -0.255 e. The maximum Gasteiger partial charge on any atom is 0.0879 e. The van der Waals surface area contributed by atoms with Crippen LogP contribution >= 0.6 is 11.3 Å². The van der Waals surface area contributed by atoms with Crippen LogP contribution in [0.15, 0.2) is 66.2 Å². The molecule has 17 heavy (non-hydrogen) atoms. The van der Waals surface area contributed by atoms with Gasteiger partial charge in [-0.05, 0) is 23.1 Å². The third kappa shape index (κ3) is 1.99. The van der Waals surface area contributed by atoms with Crippen LogP contribution in [0, 0.1) is 0 Å². The van der Waals surface area contributed by atoms with Crippen LogP contribution in [0.5, 0.6) is 0 Å². The van der Waals surface area contributed by atoms with E-state index >= 15 is 0 Å². The Hall–Kier alpha value is -1.93. The molecule has 0 aliphatic rings. The van der Waals surface area contributed by atoms with Crippen LogP contribution in [-0.4, -0.2) is 4.98 Å². The van der Waals surface area contributed by atoms with E-state index in [9.17, 15) is 0 Å². The Kier molecular flexibility index (Phi) is 2.72. The Morgan fingerprint density at radius 1 is 0.824 bits per heavy atom. The van der Waals surface area contributed by atoms with E-state index in [4.69, 9.17) is 0 Å². The predicted molar refractivity (Wildman–Crippen MR) is 73.0 cm³/mol. The normalized spacial score (nSPS) is 10.4. The van der Waals surface area contributed by atoms with E-state index in [0.717, 1.165) is 5.69 Å². The second-order valence-electron chi connectivity index (χ2n) is 3.74. The molecule has 0 fully saturated rings. The van der Waals surface area contributed by atoms with Gasteiger partial charge in [0.1, 0.15) is 0 Å². The first-order valence-corrected chi connectivity index (χ1v) is 6.37. The van der Waals surface area contributed by atoms with Crippen LogP contribution in [0.1, 0.15) is 0 Å². The first-order valence-electron chi connectivity index (χ1n) is 5.49. The van der Waals surface area contributed by atoms with Crippen LogP contribution in [0.25, 0.3) is 21.7 Å². The number of pyridine rings is 1. The molecule has 2 heterocycles. The summed E-state index contributed by atoms with van der Waals surface area (Å²) in [5.41, 5.74) is 3.47. The second-order valence-corrected chi connectivity index (χ2v) is 4.69. The SMILES string of the molecule is c1ccc(-c2cccnc2-c2cccs2)cc1. The van der Waals surface area contributed by atoms with E-state index in [-0.39, 0.29) is 0 Å². The lowest BCUT2D eigenvalue weighted by atomic mass is 10.0. The fourth-order valence-electron chi connectivity index (χ4n) is 1.87. The number of hydrogen-bond acceptors (Lipinski definition) is 2. The number of rotatable bonds is 2. The van der Waals surface area contributed by atoms with Crippen LogP contribution < -0.4 is 0 Å². The van der Waals surface area contributed by atoms with Gasteiger partial charge in [0.2, 0.25) is 0 Å². The van der Waals surface area contributed by atoms with E-state index in [2.05, 4.69) is 52.8 Å². The minimum absolute atomic E-state index is 1.06. The lowest BCUT2D eigenvalue weighted by molar-refractivity contribution is 1.34. The summed E-state index contributed by atoms with van der Waals surface area (Å²) in [5, 5.41) is 2.08. The first-order chi connectivity index (χ1) is 8.45. The number of hydrogen-bond donors (Lipinski definition) is 0. The molecule has 0 amide bonds. The summed E-state index contributed by atoms with van der Waals surface area (Å²) in [6, 6.07) is 18.7. The Labute approximate surface area is 104 Å². The molecule has 0 spiro atoms. The fraction of sp³-hybridized carbons (Fsp3) is 0. The van der Waals surface area contributed by atoms with Gasteiger partial charge in [0.25, 0.3) is 0 Å². The standard InChI is InChI=1S/C15H11NS/c1-2-6-12(7-3-1)13-8-4-10-16-15(13)14-9-5-11-17-14/h1-11H. The van der Waals surface area contributed by atoms with Crippen molar-refractivity contribution in [1.82, 2.24) is 4.98 Å². The molecular weight excluding hydrogens is 226 g/mol. The average Bonchev–Trinajstić information content (AvgIpc) is 2.94. The van der Waals surface area contributed by atoms with Crippen molar-refractivity contribution in [3.8, 4) is 21.7 Å². The van der Waals surface area contributed by atoms with Crippen molar-refractivity contribution in [2.45, 2.75) is 0 Å². The molecule has 1 aromatic carbocycles. The molecule has 1 nitrogen and oxygen atoms in total. The Bertz CT molecular complexity index is 600. The lowest BCUT2D eigenvalue weighted by Crippen LogP contribution is -1.85. The molecule has 3 aromatic rings. The molecule has 3 rings (SSSR count). The molecule has 2 aromatic heterocycles. The highest BCUT2D eigenvalue weighted by Gasteiger charge is 2.08. The third-order valence-electron chi connectivity index (χ3n) is 2.65. The minimum atomic E-state index is 1.06. The van der Waals surface area contributed by atoms with Gasteiger partial charge >= 0.3 is 0 Å². The van der Waals surface area contributed by atoms with Gasteiger partial charge < -0.3 is 0 Å². The van der Waals surface area contributed by atoms with E-state index in [1.165, 1.54) is 16.0 Å². The molecule has 0 radical (unpaired) electrons. The third-order valence-corrected chi connectivity index (χ3v) is 3.52. The Balaban J connectivity index is 2.18. The summed E-state index contributed by atoms with van der Waals surface area (Å²) in [4.78, 5) is 5.72. The zero-order chi connectivity index (χ0) is 11.5. The van der Waals surface area contributed by atoms with E-state index in [0.29, 0.717) is 0 Å². The molecule has 0 atom stereocenters. The summed E-state index contributed by atoms with van der Waals surface area (Å²) in [6.07, 6.45) is 1.85. The fourth-order valence-corrected chi connectivity index (χ4v) is 2.60. The van der Waals surface area contributed by atoms with Crippen LogP contribution in [0.3, 0.4) is 0 Å². The molecule has 82 valence electrons. The Morgan fingerprint density at radius 3 is 2.47 bits per heavy atom. The van der Waals surface area contributed by atoms with Gasteiger partial charge in [-0.15, -0.1) is 11.3 Å². The van der Waals surface area contributed by atoms with Crippen molar-refractivity contribution >= 4 is 11.3 Å². The van der Waals surface area contributed by atoms with Crippen molar-refractivity contribution in [3.05, 3.63) is 66.2 Å². The highest BCUT2D eigenvalue weighted by Crippen LogP contribution is 2.32. The maximum atomic E-state index is 4.51. The summed E-state index contributed by atoms with van der Waals surface area (Å²) < 4.78 is 0. The van der Waals surface area contributed by atoms with Gasteiger partial charge in [-0.1, -0.05) is 42.5 Å². The van der Waals surface area contributed by atoms with Gasteiger partial charge in [0.15, 0.2) is 0 Å². The largest absolute Gasteiger partial charge is 0.255 e. The number of nitrogens with zero attached hydrogens (tertiary/aromatic N) is 1. The average molecular weight is 237 g/mol. The zero-order valence-electron chi connectivity index (χ0n) is 9.21. The monoisotopic (exact) mass is 237 g/mol. The molecule has 0 saturated carbocycles. The lowest BCUT2D eigenvalue weighted by Gasteiger charge is -2.06. The summed E-state index contributed by atoms with van der Waals surface area (Å²) >= 11 is 1.72. The van der Waals surface area contributed by atoms with E-state index in [1.807, 2.05) is 18.3 Å². The highest BCUT2D eigenvalue weighted by molar-refractivity contribution is 7.13. The van der Waals surface area contributed by atoms with Crippen molar-refractivity contribution < 1.29 is 0 Å². The van der Waals surface area contributed by atoms with Crippen molar-refractivity contribution in [2.75, 3.05) is 0 Å². The zero-order valence-corrected chi connectivity index (χ0v) is 10.0. The van der Waals surface area contributed by atoms with Gasteiger partial charge in [0.05, 0.1) is 10.6 Å². The Morgan fingerprint density at radius 2 is 1.71 bits per heavy atom. The summed E-state index contributed by atoms with van der Waals surface area (Å²) in [5.74, 6) is 0. The van der Waals surface area contributed by atoms with E-state index < -0.39 is 0 Å². The van der Waals surface area contributed by atoms with Crippen molar-refractivity contribution in [1.29, 1.82) is 0 Å². The maximum absolute atomic E-state index is 4.51. The highest BCUT2D eigenvalue weighted by atomic mass is 32.1. The van der Waals surface area contributed by atoms with Crippen LogP contribution in [0.4, 0.5) is 0 Å². The molecule has 0 bridgehead atoms. The number of aromatic nitrogens is 1. The second kappa shape index (κ2) is 4.52. The molecule has 0 saturated heterocycles. The van der Waals surface area contributed by atoms with Crippen molar-refractivity contribution in [2.24, 2.45) is 0 Å². The summed E-state index contributed by atoms with van der Waals surface area (Å²) in [6.45, 7) is 0. The van der Waals surface area contributed by atoms with E-state index in [1.54, 1.807) is 11.3 Å². The molecule has 0 aliphatic carbocycles. The molecule has 0 aliphatic heterocycles. The molecule has 0 unspecified atom stereocenters. The number of thiophene rings is 1. The predicted octanol–water partition coefficient (Wildman–Crippen LogP) is 4.48. The summed E-state index contributed by atoms with van der Waals surface area (Å²) in [7, 11) is 0. The van der Waals surface area contributed by atoms with Gasteiger partial charge in [-0.3, -0.25) is 4.98 Å². The topological polar surface area (TPSA) is 12.9 Å². The quantitative estimate of drug-likeness (QED) is 0.640. The molecule has 2 heteroatoms. The number of benzene rings is 1. The first kappa shape index (κ1) is 10.2. The van der Waals surface area contributed by atoms with Crippen LogP contribution in [0.2, 0.25) is 0 Å². The van der Waals surface area contributed by atoms with Gasteiger partial charge in [-0.25, -0.2) is 0 Å². The van der Waals surface area contributed by atoms with Crippen molar-refractivity contribution in [3.63, 3.8) is 0 Å². The smallest absolute Gasteiger partial charge is 0.0879 e. The molecule has 0 N–H and O–H groups in total. The van der Waals surface area contributed by atoms with Gasteiger partial charge in [-0.2, -0.15) is 0 Å². The van der Waals surface area contributed by atoms with Crippen LogP contribution in [-0.2, 0) is 0 Å². The molecular formula is C15H11NS.